The molecule has 4 rings (SSSR count). The van der Waals surface area contributed by atoms with Crippen LogP contribution >= 0.6 is 0 Å². The number of ether oxygens (including phenoxy) is 1. The summed E-state index contributed by atoms with van der Waals surface area (Å²) in [5.74, 6) is 1.01. The van der Waals surface area contributed by atoms with Crippen molar-refractivity contribution in [1.82, 2.24) is 19.9 Å². The lowest BCUT2D eigenvalue weighted by Gasteiger charge is -2.33. The van der Waals surface area contributed by atoms with Crippen molar-refractivity contribution in [3.63, 3.8) is 0 Å². The number of rotatable bonds is 8. The molecule has 7 heteroatoms. The highest BCUT2D eigenvalue weighted by atomic mass is 16.5. The van der Waals surface area contributed by atoms with Crippen LogP contribution in [0.3, 0.4) is 0 Å². The zero-order valence-electron chi connectivity index (χ0n) is 18.4. The summed E-state index contributed by atoms with van der Waals surface area (Å²) in [7, 11) is 2.22. The number of anilines is 1. The van der Waals surface area contributed by atoms with Crippen molar-refractivity contribution >= 4 is 22.8 Å². The number of aromatic amines is 1. The van der Waals surface area contributed by atoms with Gasteiger partial charge in [-0.05, 0) is 50.8 Å². The van der Waals surface area contributed by atoms with Crippen LogP contribution in [0.25, 0.3) is 10.9 Å². The molecule has 166 valence electrons. The number of fused-ring (bicyclic) bond motifs is 1. The van der Waals surface area contributed by atoms with Crippen molar-refractivity contribution in [2.75, 3.05) is 44.7 Å². The first-order valence-corrected chi connectivity index (χ1v) is 11.1. The van der Waals surface area contributed by atoms with E-state index in [1.807, 2.05) is 0 Å². The molecule has 0 unspecified atom stereocenters. The zero-order chi connectivity index (χ0) is 21.6. The number of hydrogen-bond donors (Lipinski definition) is 1. The minimum atomic E-state index is -0.372. The van der Waals surface area contributed by atoms with E-state index in [2.05, 4.69) is 62.3 Å². The molecule has 3 heterocycles. The van der Waals surface area contributed by atoms with Crippen LogP contribution in [0, 0.1) is 5.92 Å². The average Bonchev–Trinajstić information content (AvgIpc) is 3.22. The summed E-state index contributed by atoms with van der Waals surface area (Å²) >= 11 is 0. The number of nitrogens with zero attached hydrogens (tertiary/aromatic N) is 4. The fourth-order valence-electron chi connectivity index (χ4n) is 4.30. The number of piperidine rings is 1. The molecule has 1 aliphatic rings. The quantitative estimate of drug-likeness (QED) is 0.556. The lowest BCUT2D eigenvalue weighted by Crippen LogP contribution is -2.39. The lowest BCUT2D eigenvalue weighted by molar-refractivity contribution is 0.0525. The van der Waals surface area contributed by atoms with Crippen LogP contribution in [0.4, 0.5) is 5.95 Å². The van der Waals surface area contributed by atoms with Crippen molar-refractivity contribution in [2.24, 2.45) is 5.92 Å². The largest absolute Gasteiger partial charge is 0.462 e. The summed E-state index contributed by atoms with van der Waals surface area (Å²) in [6.07, 6.45) is 8.57. The molecule has 0 bridgehead atoms. The van der Waals surface area contributed by atoms with Crippen LogP contribution in [-0.2, 0) is 11.2 Å². The monoisotopic (exact) mass is 423 g/mol. The SMILES string of the molecule is CCOC(=O)c1cnc(N2CCC(CN(C)CCc3c[nH]c4ccccc34)CC2)nc1.[HH]. The highest BCUT2D eigenvalue weighted by Crippen LogP contribution is 2.22. The Balaban J connectivity index is 0.00000289. The van der Waals surface area contributed by atoms with E-state index in [4.69, 9.17) is 4.74 Å². The van der Waals surface area contributed by atoms with Crippen LogP contribution in [0.2, 0.25) is 0 Å². The van der Waals surface area contributed by atoms with Crippen molar-refractivity contribution in [2.45, 2.75) is 26.2 Å². The Hall–Kier alpha value is -2.93. The van der Waals surface area contributed by atoms with Gasteiger partial charge in [-0.2, -0.15) is 0 Å². The zero-order valence-corrected chi connectivity index (χ0v) is 18.4. The first kappa shape index (κ1) is 21.3. The van der Waals surface area contributed by atoms with E-state index in [0.717, 1.165) is 45.4 Å². The number of esters is 1. The van der Waals surface area contributed by atoms with Gasteiger partial charge in [-0.1, -0.05) is 18.2 Å². The number of carbonyl (C=O) groups excluding carboxylic acids is 1. The van der Waals surface area contributed by atoms with Crippen LogP contribution in [0.5, 0.6) is 0 Å². The first-order chi connectivity index (χ1) is 15.1. The third-order valence-electron chi connectivity index (χ3n) is 6.05. The topological polar surface area (TPSA) is 74.3 Å². The van der Waals surface area contributed by atoms with E-state index in [1.165, 1.54) is 16.5 Å². The van der Waals surface area contributed by atoms with Gasteiger partial charge in [-0.25, -0.2) is 14.8 Å². The molecule has 1 saturated heterocycles. The molecule has 7 nitrogen and oxygen atoms in total. The lowest BCUT2D eigenvalue weighted by atomic mass is 9.96. The Morgan fingerprint density at radius 2 is 2.00 bits per heavy atom. The van der Waals surface area contributed by atoms with Crippen LogP contribution in [-0.4, -0.2) is 65.7 Å². The van der Waals surface area contributed by atoms with Crippen molar-refractivity contribution < 1.29 is 11.0 Å². The third kappa shape index (κ3) is 5.22. The Morgan fingerprint density at radius 3 is 2.74 bits per heavy atom. The maximum absolute atomic E-state index is 11.7. The Kier molecular flexibility index (Phi) is 6.82. The van der Waals surface area contributed by atoms with Crippen LogP contribution in [0.1, 0.15) is 37.1 Å². The number of nitrogens with one attached hydrogen (secondary N) is 1. The molecular formula is C24H33N5O2. The molecule has 0 amide bonds. The van der Waals surface area contributed by atoms with Crippen LogP contribution < -0.4 is 4.90 Å². The van der Waals surface area contributed by atoms with Gasteiger partial charge < -0.3 is 19.5 Å². The smallest absolute Gasteiger partial charge is 0.341 e. The van der Waals surface area contributed by atoms with E-state index in [1.54, 1.807) is 19.3 Å². The first-order valence-electron chi connectivity index (χ1n) is 11.1. The van der Waals surface area contributed by atoms with Crippen molar-refractivity contribution in [3.05, 3.63) is 54.0 Å². The second-order valence-corrected chi connectivity index (χ2v) is 8.29. The molecule has 0 saturated carbocycles. The second kappa shape index (κ2) is 9.92. The number of H-pyrrole nitrogens is 1. The molecule has 3 aromatic rings. The fraction of sp³-hybridized carbons (Fsp3) is 0.458. The maximum atomic E-state index is 11.7. The predicted molar refractivity (Wildman–Crippen MR) is 125 cm³/mol. The van der Waals surface area contributed by atoms with Gasteiger partial charge >= 0.3 is 5.97 Å². The summed E-state index contributed by atoms with van der Waals surface area (Å²) in [6, 6.07) is 8.49. The molecule has 0 radical (unpaired) electrons. The van der Waals surface area contributed by atoms with E-state index in [-0.39, 0.29) is 7.40 Å². The van der Waals surface area contributed by atoms with Crippen LogP contribution in [0.15, 0.2) is 42.9 Å². The van der Waals surface area contributed by atoms with Gasteiger partial charge in [-0.15, -0.1) is 0 Å². The summed E-state index contributed by atoms with van der Waals surface area (Å²) in [5, 5.41) is 1.33. The molecule has 31 heavy (non-hydrogen) atoms. The third-order valence-corrected chi connectivity index (χ3v) is 6.05. The fourth-order valence-corrected chi connectivity index (χ4v) is 4.30. The number of hydrogen-bond acceptors (Lipinski definition) is 6. The highest BCUT2D eigenvalue weighted by molar-refractivity contribution is 5.88. The molecule has 1 fully saturated rings. The standard InChI is InChI=1S/C24H31N5O2.H2/c1-3-31-23(30)20-15-26-24(27-16-20)29-12-8-18(9-13-29)17-28(2)11-10-19-14-25-22-7-5-4-6-21(19)22;/h4-7,14-16,18,25H,3,8-13,17H2,1-2H3;1H. The molecular weight excluding hydrogens is 390 g/mol. The van der Waals surface area contributed by atoms with Gasteiger partial charge in [0.2, 0.25) is 5.95 Å². The van der Waals surface area contributed by atoms with Gasteiger partial charge in [0, 0.05) is 57.1 Å². The number of carbonyl (C=O) groups is 1. The number of aromatic nitrogens is 3. The molecule has 0 atom stereocenters. The van der Waals surface area contributed by atoms with Gasteiger partial charge in [0.05, 0.1) is 12.2 Å². The highest BCUT2D eigenvalue weighted by Gasteiger charge is 2.22. The summed E-state index contributed by atoms with van der Waals surface area (Å²) in [4.78, 5) is 28.5. The molecule has 0 spiro atoms. The van der Waals surface area contributed by atoms with Gasteiger partial charge in [0.1, 0.15) is 0 Å². The minimum Gasteiger partial charge on any atom is -0.462 e. The van der Waals surface area contributed by atoms with Crippen molar-refractivity contribution in [1.29, 1.82) is 0 Å². The minimum absolute atomic E-state index is 0. The van der Waals surface area contributed by atoms with E-state index < -0.39 is 0 Å². The molecule has 1 N–H and O–H groups in total. The summed E-state index contributed by atoms with van der Waals surface area (Å²) < 4.78 is 4.99. The number of likely N-dealkylation sites (N-methyl/N-ethyl adjacent to an activating group) is 1. The van der Waals surface area contributed by atoms with Gasteiger partial charge in [0.15, 0.2) is 0 Å². The Bertz CT molecular complexity index is 999. The predicted octanol–water partition coefficient (Wildman–Crippen LogP) is 3.77. The van der Waals surface area contributed by atoms with E-state index in [9.17, 15) is 4.79 Å². The number of para-hydroxylation sites is 1. The van der Waals surface area contributed by atoms with Gasteiger partial charge in [0.25, 0.3) is 0 Å². The van der Waals surface area contributed by atoms with Gasteiger partial charge in [-0.3, -0.25) is 0 Å². The normalized spacial score (nSPS) is 15.0. The van der Waals surface area contributed by atoms with Crippen molar-refractivity contribution in [3.8, 4) is 0 Å². The van der Waals surface area contributed by atoms with E-state index >= 15 is 0 Å². The second-order valence-electron chi connectivity index (χ2n) is 8.29. The Morgan fingerprint density at radius 1 is 1.26 bits per heavy atom. The molecule has 1 aliphatic heterocycles. The molecule has 0 aliphatic carbocycles. The summed E-state index contributed by atoms with van der Waals surface area (Å²) in [5.41, 5.74) is 3.00. The average molecular weight is 424 g/mol. The van der Waals surface area contributed by atoms with E-state index in [0.29, 0.717) is 24.0 Å². The molecule has 1 aromatic carbocycles. The summed E-state index contributed by atoms with van der Waals surface area (Å²) in [6.45, 7) is 6.19. The Labute approximate surface area is 184 Å². The molecule has 2 aromatic heterocycles. The number of benzene rings is 1. The maximum Gasteiger partial charge on any atom is 0.341 e.